The summed E-state index contributed by atoms with van der Waals surface area (Å²) in [6.07, 6.45) is 2.04. The summed E-state index contributed by atoms with van der Waals surface area (Å²) in [6.45, 7) is 1.52. The molecular weight excluding hydrogens is 394 g/mol. The van der Waals surface area contributed by atoms with Gasteiger partial charge in [-0.2, -0.15) is 0 Å². The minimum absolute atomic E-state index is 0.402. The third-order valence-electron chi connectivity index (χ3n) is 3.00. The van der Waals surface area contributed by atoms with E-state index in [0.717, 1.165) is 8.66 Å². The Labute approximate surface area is 152 Å². The van der Waals surface area contributed by atoms with E-state index in [1.165, 1.54) is 24.3 Å². The molecule has 24 heavy (non-hydrogen) atoms. The van der Waals surface area contributed by atoms with Crippen LogP contribution in [-0.4, -0.2) is 25.1 Å². The fraction of sp³-hybridized carbons (Fsp3) is 0.176. The van der Waals surface area contributed by atoms with Gasteiger partial charge in [-0.25, -0.2) is 4.79 Å². The molecule has 0 bridgehead atoms. The Bertz CT molecular complexity index is 739. The zero-order valence-corrected chi connectivity index (χ0v) is 15.5. The Morgan fingerprint density at radius 2 is 1.92 bits per heavy atom. The number of hydrogen-bond acceptors (Lipinski definition) is 5. The van der Waals surface area contributed by atoms with Gasteiger partial charge in [-0.15, -0.1) is 11.3 Å². The van der Waals surface area contributed by atoms with Crippen LogP contribution < -0.4 is 10.1 Å². The number of anilines is 1. The van der Waals surface area contributed by atoms with Gasteiger partial charge in [0.15, 0.2) is 6.10 Å². The Morgan fingerprint density at radius 1 is 1.21 bits per heavy atom. The lowest BCUT2D eigenvalue weighted by atomic mass is 10.3. The second-order valence-corrected chi connectivity index (χ2v) is 7.27. The number of rotatable bonds is 6. The topological polar surface area (TPSA) is 64.6 Å². The van der Waals surface area contributed by atoms with E-state index in [-0.39, 0.29) is 0 Å². The zero-order chi connectivity index (χ0) is 17.5. The zero-order valence-electron chi connectivity index (χ0n) is 13.1. The standard InChI is InChI=1S/C17H16BrNO4S/c1-11(17(21)19-12-3-5-13(22-2)6-4-12)23-16(20)10-8-14-7-9-15(18)24-14/h3-11H,1-2H3,(H,19,21)/b10-8+/t11-/m1/s1. The van der Waals surface area contributed by atoms with Crippen molar-refractivity contribution in [1.82, 2.24) is 0 Å². The molecular formula is C17H16BrNO4S. The molecule has 1 aromatic heterocycles. The second-order valence-electron chi connectivity index (χ2n) is 4.77. The van der Waals surface area contributed by atoms with Gasteiger partial charge in [0, 0.05) is 16.6 Å². The number of amides is 1. The first-order chi connectivity index (χ1) is 11.5. The number of benzene rings is 1. The van der Waals surface area contributed by atoms with Crippen LogP contribution >= 0.6 is 27.3 Å². The number of hydrogen-bond donors (Lipinski definition) is 1. The van der Waals surface area contributed by atoms with Crippen LogP contribution in [0.15, 0.2) is 46.3 Å². The highest BCUT2D eigenvalue weighted by molar-refractivity contribution is 9.11. The lowest BCUT2D eigenvalue weighted by Crippen LogP contribution is -2.29. The lowest BCUT2D eigenvalue weighted by molar-refractivity contribution is -0.148. The van der Waals surface area contributed by atoms with Gasteiger partial charge in [-0.05, 0) is 65.3 Å². The predicted octanol–water partition coefficient (Wildman–Crippen LogP) is 4.10. The maximum absolute atomic E-state index is 12.0. The smallest absolute Gasteiger partial charge is 0.331 e. The van der Waals surface area contributed by atoms with Crippen molar-refractivity contribution in [2.24, 2.45) is 0 Å². The molecule has 1 heterocycles. The molecule has 0 saturated heterocycles. The van der Waals surface area contributed by atoms with Gasteiger partial charge in [0.1, 0.15) is 5.75 Å². The molecule has 0 aliphatic rings. The van der Waals surface area contributed by atoms with Gasteiger partial charge in [-0.1, -0.05) is 0 Å². The molecule has 2 aromatic rings. The van der Waals surface area contributed by atoms with Gasteiger partial charge in [0.2, 0.25) is 0 Å². The van der Waals surface area contributed by atoms with Crippen molar-refractivity contribution in [3.8, 4) is 5.75 Å². The minimum atomic E-state index is -0.903. The first-order valence-corrected chi connectivity index (χ1v) is 8.68. The Balaban J connectivity index is 1.85. The fourth-order valence-electron chi connectivity index (χ4n) is 1.75. The fourth-order valence-corrected chi connectivity index (χ4v) is 3.08. The number of halogens is 1. The molecule has 0 aliphatic heterocycles. The Hall–Kier alpha value is -2.12. The third-order valence-corrected chi connectivity index (χ3v) is 4.59. The Morgan fingerprint density at radius 3 is 2.50 bits per heavy atom. The van der Waals surface area contributed by atoms with E-state index in [9.17, 15) is 9.59 Å². The van der Waals surface area contributed by atoms with E-state index in [1.807, 2.05) is 12.1 Å². The SMILES string of the molecule is COc1ccc(NC(=O)[C@@H](C)OC(=O)/C=C/c2ccc(Br)s2)cc1. The van der Waals surface area contributed by atoms with Crippen molar-refractivity contribution >= 4 is 50.9 Å². The number of carbonyl (C=O) groups is 2. The van der Waals surface area contributed by atoms with Crippen LogP contribution in [0.1, 0.15) is 11.8 Å². The summed E-state index contributed by atoms with van der Waals surface area (Å²) in [4.78, 5) is 24.7. The summed E-state index contributed by atoms with van der Waals surface area (Å²) in [5.74, 6) is -0.282. The highest BCUT2D eigenvalue weighted by Crippen LogP contribution is 2.23. The van der Waals surface area contributed by atoms with Crippen molar-refractivity contribution in [2.45, 2.75) is 13.0 Å². The molecule has 1 amide bonds. The number of carbonyl (C=O) groups excluding carboxylic acids is 2. The van der Waals surface area contributed by atoms with Crippen molar-refractivity contribution in [3.63, 3.8) is 0 Å². The summed E-state index contributed by atoms with van der Waals surface area (Å²) in [7, 11) is 1.57. The molecule has 0 fully saturated rings. The molecule has 0 aliphatic carbocycles. The molecule has 7 heteroatoms. The third kappa shape index (κ3) is 5.50. The monoisotopic (exact) mass is 409 g/mol. The Kier molecular flexibility index (Phi) is 6.57. The van der Waals surface area contributed by atoms with Crippen LogP contribution in [0.5, 0.6) is 5.75 Å². The van der Waals surface area contributed by atoms with Crippen molar-refractivity contribution in [1.29, 1.82) is 0 Å². The average molecular weight is 410 g/mol. The molecule has 0 unspecified atom stereocenters. The molecule has 0 saturated carbocycles. The normalized spacial score (nSPS) is 12.0. The van der Waals surface area contributed by atoms with Crippen LogP contribution in [0.2, 0.25) is 0 Å². The van der Waals surface area contributed by atoms with Crippen LogP contribution in [-0.2, 0) is 14.3 Å². The molecule has 2 rings (SSSR count). The summed E-state index contributed by atoms with van der Waals surface area (Å²) in [5.41, 5.74) is 0.600. The molecule has 5 nitrogen and oxygen atoms in total. The summed E-state index contributed by atoms with van der Waals surface area (Å²) >= 11 is 4.84. The van der Waals surface area contributed by atoms with Gasteiger partial charge >= 0.3 is 5.97 Å². The van der Waals surface area contributed by atoms with E-state index in [2.05, 4.69) is 21.2 Å². The van der Waals surface area contributed by atoms with E-state index in [4.69, 9.17) is 9.47 Å². The second kappa shape index (κ2) is 8.65. The summed E-state index contributed by atoms with van der Waals surface area (Å²) in [6, 6.07) is 10.6. The van der Waals surface area contributed by atoms with E-state index < -0.39 is 18.0 Å². The van der Waals surface area contributed by atoms with Gasteiger partial charge in [0.25, 0.3) is 5.91 Å². The van der Waals surface area contributed by atoms with Crippen molar-refractivity contribution in [2.75, 3.05) is 12.4 Å². The molecule has 1 atom stereocenters. The van der Waals surface area contributed by atoms with Gasteiger partial charge < -0.3 is 14.8 Å². The summed E-state index contributed by atoms with van der Waals surface area (Å²) in [5, 5.41) is 2.68. The van der Waals surface area contributed by atoms with E-state index in [1.54, 1.807) is 37.5 Å². The quantitative estimate of drug-likeness (QED) is 0.575. The van der Waals surface area contributed by atoms with Gasteiger partial charge in [0.05, 0.1) is 10.9 Å². The lowest BCUT2D eigenvalue weighted by Gasteiger charge is -2.12. The summed E-state index contributed by atoms with van der Waals surface area (Å²) < 4.78 is 11.1. The van der Waals surface area contributed by atoms with Crippen molar-refractivity contribution in [3.05, 3.63) is 51.1 Å². The maximum Gasteiger partial charge on any atom is 0.331 e. The highest BCUT2D eigenvalue weighted by Gasteiger charge is 2.16. The van der Waals surface area contributed by atoms with Crippen LogP contribution in [0.25, 0.3) is 6.08 Å². The van der Waals surface area contributed by atoms with Crippen LogP contribution in [0.4, 0.5) is 5.69 Å². The predicted molar refractivity (Wildman–Crippen MR) is 98.2 cm³/mol. The maximum atomic E-state index is 12.0. The van der Waals surface area contributed by atoms with Crippen LogP contribution in [0, 0.1) is 0 Å². The van der Waals surface area contributed by atoms with Crippen LogP contribution in [0.3, 0.4) is 0 Å². The number of ether oxygens (including phenoxy) is 2. The van der Waals surface area contributed by atoms with E-state index in [0.29, 0.717) is 11.4 Å². The van der Waals surface area contributed by atoms with Crippen molar-refractivity contribution < 1.29 is 19.1 Å². The number of esters is 1. The number of methoxy groups -OCH3 is 1. The number of thiophene rings is 1. The first-order valence-electron chi connectivity index (χ1n) is 7.07. The largest absolute Gasteiger partial charge is 0.497 e. The van der Waals surface area contributed by atoms with E-state index >= 15 is 0 Å². The number of nitrogens with one attached hydrogen (secondary N) is 1. The molecule has 0 radical (unpaired) electrons. The first kappa shape index (κ1) is 18.2. The minimum Gasteiger partial charge on any atom is -0.497 e. The van der Waals surface area contributed by atoms with Gasteiger partial charge in [-0.3, -0.25) is 4.79 Å². The molecule has 0 spiro atoms. The average Bonchev–Trinajstić information content (AvgIpc) is 2.99. The molecule has 1 N–H and O–H groups in total. The molecule has 1 aromatic carbocycles. The highest BCUT2D eigenvalue weighted by atomic mass is 79.9. The molecule has 126 valence electrons.